The van der Waals surface area contributed by atoms with Crippen molar-refractivity contribution < 1.29 is 14.3 Å². The van der Waals surface area contributed by atoms with E-state index in [0.717, 1.165) is 32.4 Å². The van der Waals surface area contributed by atoms with Crippen LogP contribution in [0.15, 0.2) is 12.3 Å². The molecule has 0 aliphatic carbocycles. The first kappa shape index (κ1) is 15.5. The average molecular weight is 293 g/mol. The standard InChI is InChI=1S/C15H23N3O3/c1-3-11-21-13-5-8-16-15(17-13)18-9-6-12(7-10-18)14(19)20-4-2/h5,8,12H,3-4,6-7,9-11H2,1-2H3. The molecular weight excluding hydrogens is 270 g/mol. The Hall–Kier alpha value is -1.85. The van der Waals surface area contributed by atoms with E-state index < -0.39 is 0 Å². The number of piperidine rings is 1. The molecule has 0 N–H and O–H groups in total. The van der Waals surface area contributed by atoms with Crippen molar-refractivity contribution in [3.05, 3.63) is 12.3 Å². The van der Waals surface area contributed by atoms with Crippen molar-refractivity contribution in [3.63, 3.8) is 0 Å². The molecule has 1 aliphatic heterocycles. The number of hydrogen-bond donors (Lipinski definition) is 0. The lowest BCUT2D eigenvalue weighted by Crippen LogP contribution is -2.37. The number of nitrogens with zero attached hydrogens (tertiary/aromatic N) is 3. The predicted octanol–water partition coefficient (Wildman–Crippen LogP) is 2.04. The number of aromatic nitrogens is 2. The number of carbonyl (C=O) groups is 1. The first-order chi connectivity index (χ1) is 10.2. The Labute approximate surface area is 125 Å². The minimum atomic E-state index is -0.0851. The monoisotopic (exact) mass is 293 g/mol. The van der Waals surface area contributed by atoms with Crippen LogP contribution in [0.1, 0.15) is 33.1 Å². The van der Waals surface area contributed by atoms with E-state index in [4.69, 9.17) is 9.47 Å². The third-order valence-electron chi connectivity index (χ3n) is 3.47. The summed E-state index contributed by atoms with van der Waals surface area (Å²) in [4.78, 5) is 22.5. The van der Waals surface area contributed by atoms with Crippen molar-refractivity contribution in [1.82, 2.24) is 9.97 Å². The minimum Gasteiger partial charge on any atom is -0.478 e. The van der Waals surface area contributed by atoms with Gasteiger partial charge in [-0.15, -0.1) is 0 Å². The molecule has 0 radical (unpaired) electrons. The minimum absolute atomic E-state index is 0.000670. The van der Waals surface area contributed by atoms with Gasteiger partial charge in [-0.3, -0.25) is 4.79 Å². The molecule has 0 spiro atoms. The van der Waals surface area contributed by atoms with Gasteiger partial charge in [0.15, 0.2) is 0 Å². The topological polar surface area (TPSA) is 64.5 Å². The summed E-state index contributed by atoms with van der Waals surface area (Å²) in [5, 5.41) is 0. The summed E-state index contributed by atoms with van der Waals surface area (Å²) in [6.45, 7) is 6.52. The molecule has 0 saturated carbocycles. The third kappa shape index (κ3) is 4.31. The highest BCUT2D eigenvalue weighted by molar-refractivity contribution is 5.72. The van der Waals surface area contributed by atoms with Gasteiger partial charge in [0, 0.05) is 25.4 Å². The highest BCUT2D eigenvalue weighted by atomic mass is 16.5. The fraction of sp³-hybridized carbons (Fsp3) is 0.667. The lowest BCUT2D eigenvalue weighted by molar-refractivity contribution is -0.148. The van der Waals surface area contributed by atoms with Gasteiger partial charge < -0.3 is 14.4 Å². The number of anilines is 1. The van der Waals surface area contributed by atoms with Gasteiger partial charge >= 0.3 is 5.97 Å². The Morgan fingerprint density at radius 2 is 2.14 bits per heavy atom. The van der Waals surface area contributed by atoms with Crippen molar-refractivity contribution in [2.24, 2.45) is 5.92 Å². The highest BCUT2D eigenvalue weighted by Gasteiger charge is 2.27. The Bertz CT molecular complexity index is 459. The highest BCUT2D eigenvalue weighted by Crippen LogP contribution is 2.22. The van der Waals surface area contributed by atoms with Crippen LogP contribution in [0.3, 0.4) is 0 Å². The third-order valence-corrected chi connectivity index (χ3v) is 3.47. The molecule has 116 valence electrons. The molecule has 1 aliphatic rings. The fourth-order valence-electron chi connectivity index (χ4n) is 2.35. The number of hydrogen-bond acceptors (Lipinski definition) is 6. The fourth-order valence-corrected chi connectivity index (χ4v) is 2.35. The second-order valence-electron chi connectivity index (χ2n) is 5.06. The Morgan fingerprint density at radius 1 is 1.38 bits per heavy atom. The molecule has 0 aromatic carbocycles. The van der Waals surface area contributed by atoms with Crippen molar-refractivity contribution in [2.45, 2.75) is 33.1 Å². The van der Waals surface area contributed by atoms with E-state index in [0.29, 0.717) is 25.0 Å². The van der Waals surface area contributed by atoms with E-state index in [1.165, 1.54) is 0 Å². The second kappa shape index (κ2) is 7.81. The average Bonchev–Trinajstić information content (AvgIpc) is 2.53. The molecule has 6 heteroatoms. The van der Waals surface area contributed by atoms with Crippen molar-refractivity contribution >= 4 is 11.9 Å². The summed E-state index contributed by atoms with van der Waals surface area (Å²) in [5.74, 6) is 1.19. The zero-order valence-corrected chi connectivity index (χ0v) is 12.7. The van der Waals surface area contributed by atoms with Crippen LogP contribution in [-0.4, -0.2) is 42.2 Å². The smallest absolute Gasteiger partial charge is 0.309 e. The quantitative estimate of drug-likeness (QED) is 0.748. The normalized spacial score (nSPS) is 15.8. The van der Waals surface area contributed by atoms with Gasteiger partial charge in [-0.2, -0.15) is 4.98 Å². The van der Waals surface area contributed by atoms with Crippen LogP contribution in [0.5, 0.6) is 5.88 Å². The maximum atomic E-state index is 11.7. The van der Waals surface area contributed by atoms with Gasteiger partial charge in [-0.25, -0.2) is 4.98 Å². The van der Waals surface area contributed by atoms with E-state index in [9.17, 15) is 4.79 Å². The summed E-state index contributed by atoms with van der Waals surface area (Å²) in [6.07, 6.45) is 4.22. The van der Waals surface area contributed by atoms with E-state index in [-0.39, 0.29) is 11.9 Å². The summed E-state index contributed by atoms with van der Waals surface area (Å²) in [6, 6.07) is 1.77. The maximum absolute atomic E-state index is 11.7. The van der Waals surface area contributed by atoms with Crippen molar-refractivity contribution in [3.8, 4) is 5.88 Å². The van der Waals surface area contributed by atoms with Crippen LogP contribution in [0.4, 0.5) is 5.95 Å². The molecular formula is C15H23N3O3. The Morgan fingerprint density at radius 3 is 2.81 bits per heavy atom. The second-order valence-corrected chi connectivity index (χ2v) is 5.06. The van der Waals surface area contributed by atoms with E-state index >= 15 is 0 Å². The van der Waals surface area contributed by atoms with Gasteiger partial charge in [0.2, 0.25) is 11.8 Å². The lowest BCUT2D eigenvalue weighted by Gasteiger charge is -2.30. The summed E-state index contributed by atoms with van der Waals surface area (Å²) in [7, 11) is 0. The summed E-state index contributed by atoms with van der Waals surface area (Å²) >= 11 is 0. The van der Waals surface area contributed by atoms with Gasteiger partial charge in [-0.05, 0) is 26.2 Å². The number of ether oxygens (including phenoxy) is 2. The van der Waals surface area contributed by atoms with Crippen LogP contribution in [0.25, 0.3) is 0 Å². The predicted molar refractivity (Wildman–Crippen MR) is 79.4 cm³/mol. The zero-order valence-electron chi connectivity index (χ0n) is 12.7. The molecule has 2 heterocycles. The Kier molecular flexibility index (Phi) is 5.78. The Balaban J connectivity index is 1.91. The molecule has 0 bridgehead atoms. The molecule has 1 aromatic rings. The van der Waals surface area contributed by atoms with Gasteiger partial charge in [-0.1, -0.05) is 6.92 Å². The van der Waals surface area contributed by atoms with Crippen LogP contribution in [0.2, 0.25) is 0 Å². The zero-order chi connectivity index (χ0) is 15.1. The lowest BCUT2D eigenvalue weighted by atomic mass is 9.97. The number of rotatable bonds is 6. The molecule has 1 aromatic heterocycles. The molecule has 0 atom stereocenters. The first-order valence-electron chi connectivity index (χ1n) is 7.62. The van der Waals surface area contributed by atoms with E-state index in [1.54, 1.807) is 12.3 Å². The summed E-state index contributed by atoms with van der Waals surface area (Å²) < 4.78 is 10.6. The molecule has 2 rings (SSSR count). The van der Waals surface area contributed by atoms with E-state index in [1.807, 2.05) is 6.92 Å². The molecule has 1 fully saturated rings. The van der Waals surface area contributed by atoms with Crippen molar-refractivity contribution in [1.29, 1.82) is 0 Å². The SMILES string of the molecule is CCCOc1ccnc(N2CCC(C(=O)OCC)CC2)n1. The van der Waals surface area contributed by atoms with Crippen LogP contribution in [-0.2, 0) is 9.53 Å². The number of esters is 1. The maximum Gasteiger partial charge on any atom is 0.309 e. The van der Waals surface area contributed by atoms with Gasteiger partial charge in [0.25, 0.3) is 0 Å². The molecule has 6 nitrogen and oxygen atoms in total. The molecule has 0 unspecified atom stereocenters. The number of carbonyl (C=O) groups excluding carboxylic acids is 1. The molecule has 21 heavy (non-hydrogen) atoms. The van der Waals surface area contributed by atoms with Crippen LogP contribution >= 0.6 is 0 Å². The van der Waals surface area contributed by atoms with E-state index in [2.05, 4.69) is 21.8 Å². The summed E-state index contributed by atoms with van der Waals surface area (Å²) in [5.41, 5.74) is 0. The van der Waals surface area contributed by atoms with Crippen LogP contribution < -0.4 is 9.64 Å². The largest absolute Gasteiger partial charge is 0.478 e. The first-order valence-corrected chi connectivity index (χ1v) is 7.62. The van der Waals surface area contributed by atoms with Gasteiger partial charge in [0.1, 0.15) is 0 Å². The van der Waals surface area contributed by atoms with Gasteiger partial charge in [0.05, 0.1) is 19.1 Å². The molecule has 1 saturated heterocycles. The van der Waals surface area contributed by atoms with Crippen molar-refractivity contribution in [2.75, 3.05) is 31.2 Å². The van der Waals surface area contributed by atoms with Crippen LogP contribution in [0, 0.1) is 5.92 Å². The molecule has 0 amide bonds.